The Morgan fingerprint density at radius 2 is 2.19 bits per heavy atom. The molecule has 0 bridgehead atoms. The van der Waals surface area contributed by atoms with Crippen LogP contribution in [0.15, 0.2) is 30.3 Å². The van der Waals surface area contributed by atoms with E-state index >= 15 is 0 Å². The lowest BCUT2D eigenvalue weighted by Gasteiger charge is -2.27. The van der Waals surface area contributed by atoms with Crippen molar-refractivity contribution in [3.05, 3.63) is 30.3 Å². The molecule has 0 aromatic heterocycles. The molecule has 0 aliphatic carbocycles. The van der Waals surface area contributed by atoms with Crippen LogP contribution in [0, 0.1) is 0 Å². The minimum atomic E-state index is -0.205. The number of nitrogens with zero attached hydrogens (tertiary/aromatic N) is 1. The number of nitrogens with one attached hydrogen (secondary N) is 1. The predicted octanol–water partition coefficient (Wildman–Crippen LogP) is 1.32. The predicted molar refractivity (Wildman–Crippen MR) is 84.0 cm³/mol. The molecular weight excluding hydrogens is 292 g/mol. The molecule has 1 heterocycles. The topological polar surface area (TPSA) is 50.8 Å². The van der Waals surface area contributed by atoms with E-state index in [1.54, 1.807) is 4.90 Å². The van der Waals surface area contributed by atoms with Crippen LogP contribution in [-0.2, 0) is 9.53 Å². The standard InChI is InChI=1S/C15H22N2O3.ClH/c1-17(15(18)14-12-19-11-8-16-14)9-5-10-20-13-6-3-2-4-7-13;/h2-4,6-7,14,16H,5,8-12H2,1H3;1H. The van der Waals surface area contributed by atoms with Gasteiger partial charge in [0.05, 0.1) is 19.8 Å². The van der Waals surface area contributed by atoms with Crippen LogP contribution in [0.2, 0.25) is 0 Å². The molecule has 1 fully saturated rings. The van der Waals surface area contributed by atoms with E-state index in [0.717, 1.165) is 18.7 Å². The number of amides is 1. The number of halogens is 1. The van der Waals surface area contributed by atoms with E-state index < -0.39 is 0 Å². The van der Waals surface area contributed by atoms with Gasteiger partial charge in [-0.25, -0.2) is 0 Å². The zero-order chi connectivity index (χ0) is 14.2. The molecule has 0 spiro atoms. The summed E-state index contributed by atoms with van der Waals surface area (Å²) in [5.41, 5.74) is 0. The van der Waals surface area contributed by atoms with E-state index in [-0.39, 0.29) is 24.4 Å². The van der Waals surface area contributed by atoms with Gasteiger partial charge in [-0.05, 0) is 18.6 Å². The van der Waals surface area contributed by atoms with E-state index in [9.17, 15) is 4.79 Å². The van der Waals surface area contributed by atoms with E-state index in [1.165, 1.54) is 0 Å². The highest BCUT2D eigenvalue weighted by Crippen LogP contribution is 2.08. The lowest BCUT2D eigenvalue weighted by Crippen LogP contribution is -2.51. The van der Waals surface area contributed by atoms with Gasteiger partial charge in [-0.2, -0.15) is 0 Å². The number of carbonyl (C=O) groups excluding carboxylic acids is 1. The molecule has 0 radical (unpaired) electrons. The number of hydrogen-bond acceptors (Lipinski definition) is 4. The van der Waals surface area contributed by atoms with Crippen molar-refractivity contribution in [1.29, 1.82) is 0 Å². The van der Waals surface area contributed by atoms with Gasteiger partial charge in [0.1, 0.15) is 11.8 Å². The third-order valence-corrected chi connectivity index (χ3v) is 3.25. The number of likely N-dealkylation sites (N-methyl/N-ethyl adjacent to an activating group) is 1. The van der Waals surface area contributed by atoms with E-state index in [1.807, 2.05) is 37.4 Å². The van der Waals surface area contributed by atoms with Crippen LogP contribution >= 0.6 is 12.4 Å². The van der Waals surface area contributed by atoms with Crippen molar-refractivity contribution >= 4 is 18.3 Å². The summed E-state index contributed by atoms with van der Waals surface area (Å²) in [6.45, 7) is 3.17. The Hall–Kier alpha value is -1.30. The van der Waals surface area contributed by atoms with Crippen molar-refractivity contribution < 1.29 is 14.3 Å². The molecule has 0 saturated carbocycles. The molecule has 1 aromatic carbocycles. The third kappa shape index (κ3) is 5.91. The zero-order valence-electron chi connectivity index (χ0n) is 12.3. The lowest BCUT2D eigenvalue weighted by molar-refractivity contribution is -0.135. The number of morpholine rings is 1. The summed E-state index contributed by atoms with van der Waals surface area (Å²) >= 11 is 0. The van der Waals surface area contributed by atoms with Crippen molar-refractivity contribution in [3.63, 3.8) is 0 Å². The van der Waals surface area contributed by atoms with Gasteiger partial charge in [0.2, 0.25) is 5.91 Å². The van der Waals surface area contributed by atoms with Gasteiger partial charge in [0.15, 0.2) is 0 Å². The van der Waals surface area contributed by atoms with Crippen LogP contribution in [0.1, 0.15) is 6.42 Å². The van der Waals surface area contributed by atoms with E-state index in [2.05, 4.69) is 5.32 Å². The number of carbonyl (C=O) groups is 1. The SMILES string of the molecule is CN(CCCOc1ccccc1)C(=O)C1COCCN1.Cl. The number of hydrogen-bond donors (Lipinski definition) is 1. The van der Waals surface area contributed by atoms with Crippen LogP contribution in [0.5, 0.6) is 5.75 Å². The van der Waals surface area contributed by atoms with Gasteiger partial charge in [-0.1, -0.05) is 18.2 Å². The summed E-state index contributed by atoms with van der Waals surface area (Å²) < 4.78 is 10.9. The fourth-order valence-corrected chi connectivity index (χ4v) is 2.11. The zero-order valence-corrected chi connectivity index (χ0v) is 13.1. The second-order valence-electron chi connectivity index (χ2n) is 4.86. The van der Waals surface area contributed by atoms with Crippen molar-refractivity contribution in [2.45, 2.75) is 12.5 Å². The summed E-state index contributed by atoms with van der Waals surface area (Å²) in [7, 11) is 1.82. The van der Waals surface area contributed by atoms with Gasteiger partial charge in [-0.15, -0.1) is 12.4 Å². The fourth-order valence-electron chi connectivity index (χ4n) is 2.11. The molecule has 1 amide bonds. The molecule has 1 N–H and O–H groups in total. The average Bonchev–Trinajstić information content (AvgIpc) is 2.52. The van der Waals surface area contributed by atoms with Crippen molar-refractivity contribution in [2.24, 2.45) is 0 Å². The Labute approximate surface area is 132 Å². The summed E-state index contributed by atoms with van der Waals surface area (Å²) in [5.74, 6) is 0.952. The Morgan fingerprint density at radius 3 is 2.86 bits per heavy atom. The molecular formula is C15H23ClN2O3. The first-order valence-corrected chi connectivity index (χ1v) is 7.01. The second-order valence-corrected chi connectivity index (χ2v) is 4.86. The Balaban J connectivity index is 0.00000220. The lowest BCUT2D eigenvalue weighted by atomic mass is 10.2. The molecule has 21 heavy (non-hydrogen) atoms. The maximum absolute atomic E-state index is 12.1. The maximum atomic E-state index is 12.1. The molecule has 2 rings (SSSR count). The third-order valence-electron chi connectivity index (χ3n) is 3.25. The van der Waals surface area contributed by atoms with Crippen molar-refractivity contribution in [3.8, 4) is 5.75 Å². The highest BCUT2D eigenvalue weighted by molar-refractivity contribution is 5.85. The molecule has 1 aliphatic rings. The molecule has 1 aromatic rings. The molecule has 1 unspecified atom stereocenters. The van der Waals surface area contributed by atoms with Crippen molar-refractivity contribution in [2.75, 3.05) is 40.0 Å². The highest BCUT2D eigenvalue weighted by atomic mass is 35.5. The van der Waals surface area contributed by atoms with Gasteiger partial charge < -0.3 is 19.7 Å². The Bertz CT molecular complexity index is 411. The minimum Gasteiger partial charge on any atom is -0.494 e. The van der Waals surface area contributed by atoms with E-state index in [4.69, 9.17) is 9.47 Å². The quantitative estimate of drug-likeness (QED) is 0.805. The smallest absolute Gasteiger partial charge is 0.241 e. The second kappa shape index (κ2) is 9.60. The van der Waals surface area contributed by atoms with Gasteiger partial charge in [-0.3, -0.25) is 4.79 Å². The number of para-hydroxylation sites is 1. The first-order valence-electron chi connectivity index (χ1n) is 7.01. The first kappa shape index (κ1) is 17.8. The van der Waals surface area contributed by atoms with Crippen LogP contribution in [0.3, 0.4) is 0 Å². The largest absolute Gasteiger partial charge is 0.494 e. The number of benzene rings is 1. The van der Waals surface area contributed by atoms with Gasteiger partial charge in [0, 0.05) is 20.1 Å². The molecule has 5 nitrogen and oxygen atoms in total. The Kier molecular flexibility index (Phi) is 8.12. The van der Waals surface area contributed by atoms with Crippen LogP contribution in [0.4, 0.5) is 0 Å². The van der Waals surface area contributed by atoms with Crippen LogP contribution in [0.25, 0.3) is 0 Å². The summed E-state index contributed by atoms with van der Waals surface area (Å²) in [5, 5.41) is 3.17. The fraction of sp³-hybridized carbons (Fsp3) is 0.533. The molecule has 6 heteroatoms. The van der Waals surface area contributed by atoms with Crippen LogP contribution in [-0.4, -0.2) is 56.8 Å². The van der Waals surface area contributed by atoms with Crippen molar-refractivity contribution in [1.82, 2.24) is 10.2 Å². The molecule has 1 saturated heterocycles. The normalized spacial score (nSPS) is 17.7. The van der Waals surface area contributed by atoms with Crippen LogP contribution < -0.4 is 10.1 Å². The maximum Gasteiger partial charge on any atom is 0.241 e. The summed E-state index contributed by atoms with van der Waals surface area (Å²) in [6, 6.07) is 9.50. The van der Waals surface area contributed by atoms with Gasteiger partial charge in [0.25, 0.3) is 0 Å². The summed E-state index contributed by atoms with van der Waals surface area (Å²) in [6.07, 6.45) is 0.810. The molecule has 1 aliphatic heterocycles. The molecule has 1 atom stereocenters. The average molecular weight is 315 g/mol. The first-order chi connectivity index (χ1) is 9.77. The Morgan fingerprint density at radius 1 is 1.43 bits per heavy atom. The minimum absolute atomic E-state index is 0. The van der Waals surface area contributed by atoms with E-state index in [0.29, 0.717) is 26.4 Å². The van der Waals surface area contributed by atoms with Gasteiger partial charge >= 0.3 is 0 Å². The summed E-state index contributed by atoms with van der Waals surface area (Å²) in [4.78, 5) is 13.8. The number of rotatable bonds is 6. The highest BCUT2D eigenvalue weighted by Gasteiger charge is 2.23. The monoisotopic (exact) mass is 314 g/mol. The number of ether oxygens (including phenoxy) is 2. The molecule has 118 valence electrons.